The first-order chi connectivity index (χ1) is 9.58. The van der Waals surface area contributed by atoms with Crippen LogP contribution in [0.4, 0.5) is 10.1 Å². The van der Waals surface area contributed by atoms with Gasteiger partial charge in [-0.2, -0.15) is 0 Å². The number of aryl methyl sites for hydroxylation is 1. The standard InChI is InChI=1S/C16H14FNO2/c1-8-2-5-11(7-12(8)17)18-15(19)13-9-3-4-10(6-9)14(13)16(18)20/h2-5,7,9-10,13-14H,6H2,1H3/t9-,10-,13-,14-/m0/s1. The Hall–Kier alpha value is -1.97. The van der Waals surface area contributed by atoms with Crippen LogP contribution in [0.5, 0.6) is 0 Å². The van der Waals surface area contributed by atoms with E-state index in [-0.39, 0.29) is 41.3 Å². The molecule has 1 saturated heterocycles. The van der Waals surface area contributed by atoms with Crippen molar-refractivity contribution in [1.29, 1.82) is 0 Å². The van der Waals surface area contributed by atoms with Crippen LogP contribution in [0.15, 0.2) is 30.4 Å². The molecule has 0 aromatic heterocycles. The minimum atomic E-state index is -0.388. The topological polar surface area (TPSA) is 37.4 Å². The van der Waals surface area contributed by atoms with Gasteiger partial charge >= 0.3 is 0 Å². The van der Waals surface area contributed by atoms with Crippen molar-refractivity contribution in [3.63, 3.8) is 0 Å². The molecule has 2 aliphatic carbocycles. The van der Waals surface area contributed by atoms with E-state index in [1.54, 1.807) is 19.1 Å². The Morgan fingerprint density at radius 2 is 1.70 bits per heavy atom. The second-order valence-electron chi connectivity index (χ2n) is 5.95. The van der Waals surface area contributed by atoms with Gasteiger partial charge < -0.3 is 0 Å². The third-order valence-electron chi connectivity index (χ3n) is 4.88. The van der Waals surface area contributed by atoms with Crippen LogP contribution in [0, 0.1) is 36.4 Å². The number of allylic oxidation sites excluding steroid dienone is 2. The molecule has 4 heteroatoms. The Balaban J connectivity index is 1.76. The number of amides is 2. The first-order valence-corrected chi connectivity index (χ1v) is 6.90. The zero-order chi connectivity index (χ0) is 14.0. The lowest BCUT2D eigenvalue weighted by Gasteiger charge is -2.17. The van der Waals surface area contributed by atoms with E-state index >= 15 is 0 Å². The monoisotopic (exact) mass is 271 g/mol. The van der Waals surface area contributed by atoms with Crippen LogP contribution in [-0.4, -0.2) is 11.8 Å². The van der Waals surface area contributed by atoms with Gasteiger partial charge in [0.2, 0.25) is 11.8 Å². The van der Waals surface area contributed by atoms with Gasteiger partial charge in [0, 0.05) is 0 Å². The van der Waals surface area contributed by atoms with Crippen molar-refractivity contribution < 1.29 is 14.0 Å². The lowest BCUT2D eigenvalue weighted by molar-refractivity contribution is -0.123. The molecule has 4 atom stereocenters. The fraction of sp³-hybridized carbons (Fsp3) is 0.375. The third kappa shape index (κ3) is 1.34. The SMILES string of the molecule is Cc1ccc(N2C(=O)[C@@H]3[C@@H](C2=O)[C@H]2C=C[C@H]3C2)cc1F. The molecule has 20 heavy (non-hydrogen) atoms. The number of nitrogens with zero attached hydrogens (tertiary/aromatic N) is 1. The summed E-state index contributed by atoms with van der Waals surface area (Å²) in [5.41, 5.74) is 0.867. The first kappa shape index (κ1) is 11.8. The summed E-state index contributed by atoms with van der Waals surface area (Å²) in [5.74, 6) is -0.825. The summed E-state index contributed by atoms with van der Waals surface area (Å²) < 4.78 is 13.7. The summed E-state index contributed by atoms with van der Waals surface area (Å²) in [5, 5.41) is 0. The normalized spacial score (nSPS) is 34.2. The number of carbonyl (C=O) groups excluding carboxylic acids is 2. The number of imide groups is 1. The van der Waals surface area contributed by atoms with Crippen molar-refractivity contribution in [2.45, 2.75) is 13.3 Å². The highest BCUT2D eigenvalue weighted by Crippen LogP contribution is 2.53. The predicted molar refractivity (Wildman–Crippen MR) is 71.3 cm³/mol. The van der Waals surface area contributed by atoms with Gasteiger partial charge in [0.1, 0.15) is 5.82 Å². The maximum atomic E-state index is 13.7. The fourth-order valence-corrected chi connectivity index (χ4v) is 3.88. The molecule has 2 bridgehead atoms. The van der Waals surface area contributed by atoms with E-state index in [1.165, 1.54) is 11.0 Å². The van der Waals surface area contributed by atoms with Gasteiger partial charge in [0.15, 0.2) is 0 Å². The molecular weight excluding hydrogens is 257 g/mol. The summed E-state index contributed by atoms with van der Waals surface area (Å²) >= 11 is 0. The Morgan fingerprint density at radius 3 is 2.25 bits per heavy atom. The zero-order valence-corrected chi connectivity index (χ0v) is 11.0. The number of benzene rings is 1. The van der Waals surface area contributed by atoms with E-state index < -0.39 is 0 Å². The largest absolute Gasteiger partial charge is 0.274 e. The van der Waals surface area contributed by atoms with Gasteiger partial charge in [-0.3, -0.25) is 9.59 Å². The molecule has 3 aliphatic rings. The summed E-state index contributed by atoms with van der Waals surface area (Å²) in [6, 6.07) is 4.53. The van der Waals surface area contributed by atoms with E-state index in [2.05, 4.69) is 12.2 Å². The summed E-state index contributed by atoms with van der Waals surface area (Å²) in [6.07, 6.45) is 5.01. The molecule has 2 amide bonds. The Bertz CT molecular complexity index is 636. The number of halogens is 1. The van der Waals surface area contributed by atoms with Crippen LogP contribution in [0.3, 0.4) is 0 Å². The van der Waals surface area contributed by atoms with Crippen molar-refractivity contribution in [1.82, 2.24) is 0 Å². The van der Waals surface area contributed by atoms with Gasteiger partial charge in [0.05, 0.1) is 17.5 Å². The van der Waals surface area contributed by atoms with Crippen LogP contribution < -0.4 is 4.90 Å². The van der Waals surface area contributed by atoms with Gasteiger partial charge in [0.25, 0.3) is 0 Å². The van der Waals surface area contributed by atoms with Crippen LogP contribution in [0.25, 0.3) is 0 Å². The van der Waals surface area contributed by atoms with Gasteiger partial charge in [-0.1, -0.05) is 18.2 Å². The van der Waals surface area contributed by atoms with E-state index in [1.807, 2.05) is 0 Å². The highest BCUT2D eigenvalue weighted by Gasteiger charge is 2.59. The lowest BCUT2D eigenvalue weighted by atomic mass is 9.85. The number of rotatable bonds is 1. The maximum Gasteiger partial charge on any atom is 0.238 e. The summed E-state index contributed by atoms with van der Waals surface area (Å²) in [6.45, 7) is 1.66. The molecule has 1 aliphatic heterocycles. The van der Waals surface area contributed by atoms with Gasteiger partial charge in [-0.15, -0.1) is 0 Å². The molecule has 0 radical (unpaired) electrons. The number of hydrogen-bond acceptors (Lipinski definition) is 2. The highest BCUT2D eigenvalue weighted by atomic mass is 19.1. The molecular formula is C16H14FNO2. The van der Waals surface area contributed by atoms with Crippen LogP contribution in [-0.2, 0) is 9.59 Å². The van der Waals surface area contributed by atoms with Crippen molar-refractivity contribution in [2.24, 2.45) is 23.7 Å². The average molecular weight is 271 g/mol. The fourth-order valence-electron chi connectivity index (χ4n) is 3.88. The zero-order valence-electron chi connectivity index (χ0n) is 11.0. The predicted octanol–water partition coefficient (Wildman–Crippen LogP) is 2.45. The Kier molecular flexibility index (Phi) is 2.23. The minimum absolute atomic E-state index is 0.167. The molecule has 1 aromatic rings. The molecule has 1 heterocycles. The average Bonchev–Trinajstić information content (AvgIpc) is 3.08. The van der Waals surface area contributed by atoms with E-state index in [0.29, 0.717) is 11.3 Å². The minimum Gasteiger partial charge on any atom is -0.274 e. The molecule has 4 rings (SSSR count). The van der Waals surface area contributed by atoms with Crippen LogP contribution in [0.2, 0.25) is 0 Å². The molecule has 0 unspecified atom stereocenters. The first-order valence-electron chi connectivity index (χ1n) is 6.90. The molecule has 0 spiro atoms. The molecule has 102 valence electrons. The summed E-state index contributed by atoms with van der Waals surface area (Å²) in [4.78, 5) is 26.2. The van der Waals surface area contributed by atoms with Crippen molar-refractivity contribution in [3.8, 4) is 0 Å². The van der Waals surface area contributed by atoms with E-state index in [4.69, 9.17) is 0 Å². The second kappa shape index (κ2) is 3.78. The van der Waals surface area contributed by atoms with Gasteiger partial charge in [-0.25, -0.2) is 9.29 Å². The van der Waals surface area contributed by atoms with Gasteiger partial charge in [-0.05, 0) is 42.9 Å². The Morgan fingerprint density at radius 1 is 1.10 bits per heavy atom. The third-order valence-corrected chi connectivity index (χ3v) is 4.88. The lowest BCUT2D eigenvalue weighted by Crippen LogP contribution is -2.32. The van der Waals surface area contributed by atoms with Crippen LogP contribution >= 0.6 is 0 Å². The second-order valence-corrected chi connectivity index (χ2v) is 5.95. The molecule has 3 nitrogen and oxygen atoms in total. The maximum absolute atomic E-state index is 13.7. The number of carbonyl (C=O) groups is 2. The summed E-state index contributed by atoms with van der Waals surface area (Å²) in [7, 11) is 0. The Labute approximate surface area is 116 Å². The van der Waals surface area contributed by atoms with E-state index in [0.717, 1.165) is 6.42 Å². The van der Waals surface area contributed by atoms with Crippen molar-refractivity contribution in [2.75, 3.05) is 4.90 Å². The molecule has 1 aromatic carbocycles. The quantitative estimate of drug-likeness (QED) is 0.581. The van der Waals surface area contributed by atoms with Crippen molar-refractivity contribution in [3.05, 3.63) is 41.7 Å². The molecule has 0 N–H and O–H groups in total. The number of fused-ring (bicyclic) bond motifs is 5. The number of anilines is 1. The highest BCUT2D eigenvalue weighted by molar-refractivity contribution is 6.22. The number of hydrogen-bond donors (Lipinski definition) is 0. The molecule has 1 saturated carbocycles. The van der Waals surface area contributed by atoms with E-state index in [9.17, 15) is 14.0 Å². The van der Waals surface area contributed by atoms with Crippen LogP contribution in [0.1, 0.15) is 12.0 Å². The molecule has 2 fully saturated rings. The van der Waals surface area contributed by atoms with Crippen molar-refractivity contribution >= 4 is 17.5 Å². The smallest absolute Gasteiger partial charge is 0.238 e.